The normalized spacial score (nSPS) is 10.7. The summed E-state index contributed by atoms with van der Waals surface area (Å²) in [5.41, 5.74) is 1.93. The smallest absolute Gasteiger partial charge is 0.274 e. The molecule has 156 valence electrons. The maximum absolute atomic E-state index is 13.1. The van der Waals surface area contributed by atoms with Crippen molar-refractivity contribution in [1.82, 2.24) is 15.2 Å². The van der Waals surface area contributed by atoms with Gasteiger partial charge >= 0.3 is 0 Å². The number of hydrogen-bond donors (Lipinski definition) is 2. The zero-order valence-corrected chi connectivity index (χ0v) is 18.3. The Kier molecular flexibility index (Phi) is 7.43. The molecule has 6 nitrogen and oxygen atoms in total. The number of aromatic nitrogens is 1. The van der Waals surface area contributed by atoms with Crippen molar-refractivity contribution in [3.05, 3.63) is 76.3 Å². The molecule has 0 atom stereocenters. The van der Waals surface area contributed by atoms with E-state index in [1.807, 2.05) is 62.4 Å². The number of benzene rings is 2. The lowest BCUT2D eigenvalue weighted by Gasteiger charge is -2.22. The van der Waals surface area contributed by atoms with Crippen LogP contribution in [0.4, 0.5) is 10.8 Å². The molecule has 2 amide bonds. The lowest BCUT2D eigenvalue weighted by Crippen LogP contribution is -2.42. The van der Waals surface area contributed by atoms with Crippen molar-refractivity contribution in [2.24, 2.45) is 0 Å². The number of hydrogen-bond acceptors (Lipinski definition) is 5. The van der Waals surface area contributed by atoms with Crippen molar-refractivity contribution >= 4 is 45.6 Å². The molecule has 0 aliphatic carbocycles. The third-order valence-electron chi connectivity index (χ3n) is 4.13. The zero-order valence-electron chi connectivity index (χ0n) is 16.8. The number of thiazole rings is 1. The third kappa shape index (κ3) is 6.05. The summed E-state index contributed by atoms with van der Waals surface area (Å²) in [7, 11) is 0. The lowest BCUT2D eigenvalue weighted by molar-refractivity contribution is -0.122. The van der Waals surface area contributed by atoms with Crippen molar-refractivity contribution in [2.75, 3.05) is 11.9 Å². The van der Waals surface area contributed by atoms with Gasteiger partial charge in [-0.3, -0.25) is 9.59 Å². The number of nitrogens with one attached hydrogen (secondary N) is 2. The van der Waals surface area contributed by atoms with Gasteiger partial charge in [0.1, 0.15) is 12.2 Å². The van der Waals surface area contributed by atoms with Crippen LogP contribution in [0.25, 0.3) is 0 Å². The molecule has 0 aliphatic heterocycles. The lowest BCUT2D eigenvalue weighted by atomic mass is 10.2. The van der Waals surface area contributed by atoms with Crippen molar-refractivity contribution in [3.8, 4) is 0 Å². The fraction of sp³-hybridized carbons (Fsp3) is 0.227. The molecule has 0 radical (unpaired) electrons. The first-order valence-corrected chi connectivity index (χ1v) is 10.8. The van der Waals surface area contributed by atoms with Gasteiger partial charge in [0.25, 0.3) is 5.91 Å². The number of nitrogens with zero attached hydrogens (tertiary/aromatic N) is 2. The van der Waals surface area contributed by atoms with E-state index in [1.54, 1.807) is 11.4 Å². The fourth-order valence-corrected chi connectivity index (χ4v) is 3.69. The maximum Gasteiger partial charge on any atom is 0.274 e. The zero-order chi connectivity index (χ0) is 21.5. The van der Waals surface area contributed by atoms with Crippen molar-refractivity contribution in [1.29, 1.82) is 0 Å². The molecule has 2 N–H and O–H groups in total. The third-order valence-corrected chi connectivity index (χ3v) is 5.21. The molecule has 1 aromatic heterocycles. The molecule has 0 spiro atoms. The van der Waals surface area contributed by atoms with Gasteiger partial charge in [0.2, 0.25) is 5.91 Å². The Morgan fingerprint density at radius 1 is 1.10 bits per heavy atom. The van der Waals surface area contributed by atoms with E-state index in [1.165, 1.54) is 16.2 Å². The molecule has 1 heterocycles. The number of rotatable bonds is 8. The maximum atomic E-state index is 13.1. The van der Waals surface area contributed by atoms with Gasteiger partial charge in [0, 0.05) is 18.0 Å². The van der Waals surface area contributed by atoms with Crippen molar-refractivity contribution in [2.45, 2.75) is 26.4 Å². The molecule has 0 bridgehead atoms. The molecular formula is C22H23ClN4O2S. The highest BCUT2D eigenvalue weighted by atomic mass is 35.5. The Hall–Kier alpha value is -2.90. The number of anilines is 2. The first-order valence-electron chi connectivity index (χ1n) is 9.52. The van der Waals surface area contributed by atoms with E-state index in [-0.39, 0.29) is 30.1 Å². The summed E-state index contributed by atoms with van der Waals surface area (Å²) in [4.78, 5) is 31.4. The number of amides is 2. The average molecular weight is 443 g/mol. The van der Waals surface area contributed by atoms with Gasteiger partial charge in [0.15, 0.2) is 5.13 Å². The van der Waals surface area contributed by atoms with Gasteiger partial charge in [-0.15, -0.1) is 11.3 Å². The second-order valence-corrected chi connectivity index (χ2v) is 8.28. The van der Waals surface area contributed by atoms with Crippen LogP contribution >= 0.6 is 22.9 Å². The minimum atomic E-state index is -0.304. The van der Waals surface area contributed by atoms with E-state index in [0.29, 0.717) is 22.4 Å². The van der Waals surface area contributed by atoms with Crippen molar-refractivity contribution < 1.29 is 9.59 Å². The summed E-state index contributed by atoms with van der Waals surface area (Å²) in [6, 6.07) is 16.9. The standard InChI is InChI=1S/C22H23ClN4O2S/c1-15(2)24-20(28)13-27(12-16-8-4-3-5-9-16)21(29)19-14-30-22(26-19)25-18-11-7-6-10-17(18)23/h3-11,14-15H,12-13H2,1-2H3,(H,24,28)(H,25,26). The summed E-state index contributed by atoms with van der Waals surface area (Å²) in [6.07, 6.45) is 0. The van der Waals surface area contributed by atoms with Crippen LogP contribution in [-0.4, -0.2) is 34.3 Å². The molecule has 30 heavy (non-hydrogen) atoms. The van der Waals surface area contributed by atoms with Gasteiger partial charge in [-0.25, -0.2) is 4.98 Å². The van der Waals surface area contributed by atoms with Crippen LogP contribution < -0.4 is 10.6 Å². The van der Waals surface area contributed by atoms with E-state index in [9.17, 15) is 9.59 Å². The van der Waals surface area contributed by atoms with Crippen LogP contribution in [0.2, 0.25) is 5.02 Å². The molecule has 0 unspecified atom stereocenters. The predicted octanol–water partition coefficient (Wildman–Crippen LogP) is 4.71. The Morgan fingerprint density at radius 2 is 1.80 bits per heavy atom. The van der Waals surface area contributed by atoms with Crippen LogP contribution in [0.3, 0.4) is 0 Å². The van der Waals surface area contributed by atoms with E-state index >= 15 is 0 Å². The van der Waals surface area contributed by atoms with E-state index < -0.39 is 0 Å². The predicted molar refractivity (Wildman–Crippen MR) is 121 cm³/mol. The fourth-order valence-electron chi connectivity index (χ4n) is 2.81. The van der Waals surface area contributed by atoms with E-state index in [2.05, 4.69) is 15.6 Å². The average Bonchev–Trinajstić information content (AvgIpc) is 3.17. The molecule has 0 aliphatic rings. The molecule has 3 aromatic rings. The van der Waals surface area contributed by atoms with Gasteiger partial charge in [-0.2, -0.15) is 0 Å². The van der Waals surface area contributed by atoms with Gasteiger partial charge in [0.05, 0.1) is 10.7 Å². The second-order valence-electron chi connectivity index (χ2n) is 7.01. The minimum absolute atomic E-state index is 0.00289. The van der Waals surface area contributed by atoms with Crippen LogP contribution in [0.5, 0.6) is 0 Å². The summed E-state index contributed by atoms with van der Waals surface area (Å²) in [6.45, 7) is 4.04. The van der Waals surface area contributed by atoms with Gasteiger partial charge in [-0.1, -0.05) is 54.1 Å². The summed E-state index contributed by atoms with van der Waals surface area (Å²) >= 11 is 7.48. The summed E-state index contributed by atoms with van der Waals surface area (Å²) in [5.74, 6) is -0.514. The Balaban J connectivity index is 1.77. The van der Waals surface area contributed by atoms with Gasteiger partial charge in [-0.05, 0) is 31.5 Å². The SMILES string of the molecule is CC(C)NC(=O)CN(Cc1ccccc1)C(=O)c1csc(Nc2ccccc2Cl)n1. The molecule has 3 rings (SSSR count). The molecule has 0 saturated heterocycles. The molecule has 8 heteroatoms. The highest BCUT2D eigenvalue weighted by Gasteiger charge is 2.22. The van der Waals surface area contributed by atoms with Crippen LogP contribution in [0.1, 0.15) is 29.9 Å². The van der Waals surface area contributed by atoms with Crippen LogP contribution in [-0.2, 0) is 11.3 Å². The number of carbonyl (C=O) groups is 2. The Bertz CT molecular complexity index is 1010. The highest BCUT2D eigenvalue weighted by molar-refractivity contribution is 7.14. The molecular weight excluding hydrogens is 420 g/mol. The second kappa shape index (κ2) is 10.2. The first kappa shape index (κ1) is 21.8. The quantitative estimate of drug-likeness (QED) is 0.530. The minimum Gasteiger partial charge on any atom is -0.352 e. The monoisotopic (exact) mass is 442 g/mol. The number of halogens is 1. The Labute approximate surface area is 184 Å². The van der Waals surface area contributed by atoms with Crippen LogP contribution in [0.15, 0.2) is 60.0 Å². The largest absolute Gasteiger partial charge is 0.352 e. The van der Waals surface area contributed by atoms with Crippen molar-refractivity contribution in [3.63, 3.8) is 0 Å². The Morgan fingerprint density at radius 3 is 2.50 bits per heavy atom. The topological polar surface area (TPSA) is 74.3 Å². The first-order chi connectivity index (χ1) is 14.4. The molecule has 0 saturated carbocycles. The van der Waals surface area contributed by atoms with Crippen LogP contribution in [0, 0.1) is 0 Å². The van der Waals surface area contributed by atoms with Gasteiger partial charge < -0.3 is 15.5 Å². The molecule has 2 aromatic carbocycles. The summed E-state index contributed by atoms with van der Waals surface area (Å²) < 4.78 is 0. The highest BCUT2D eigenvalue weighted by Crippen LogP contribution is 2.27. The number of carbonyl (C=O) groups excluding carboxylic acids is 2. The number of para-hydroxylation sites is 1. The summed E-state index contributed by atoms with van der Waals surface area (Å²) in [5, 5.41) is 8.76. The van der Waals surface area contributed by atoms with E-state index in [0.717, 1.165) is 5.56 Å². The van der Waals surface area contributed by atoms with E-state index in [4.69, 9.17) is 11.6 Å². The molecule has 0 fully saturated rings.